The maximum atomic E-state index is 11.2. The van der Waals surface area contributed by atoms with Crippen molar-refractivity contribution in [3.63, 3.8) is 0 Å². The number of nitrogens with two attached hydrogens (primary N) is 1. The van der Waals surface area contributed by atoms with Crippen LogP contribution in [-0.4, -0.2) is 12.5 Å². The molecule has 0 aliphatic rings. The molecule has 1 unspecified atom stereocenters. The van der Waals surface area contributed by atoms with Gasteiger partial charge in [0.2, 0.25) is 5.91 Å². The molecule has 2 aromatic rings. The average Bonchev–Trinajstić information content (AvgIpc) is 2.58. The van der Waals surface area contributed by atoms with Gasteiger partial charge in [0.25, 0.3) is 0 Å². The summed E-state index contributed by atoms with van der Waals surface area (Å²) in [6.07, 6.45) is 1.21. The smallest absolute Gasteiger partial charge is 0.218 e. The third-order valence-corrected chi connectivity index (χ3v) is 3.73. The zero-order valence-electron chi connectivity index (χ0n) is 14.3. The summed E-state index contributed by atoms with van der Waals surface area (Å²) in [5, 5.41) is 0. The highest BCUT2D eigenvalue weighted by Crippen LogP contribution is 2.32. The largest absolute Gasteiger partial charge is 0.493 e. The Labute approximate surface area is 143 Å². The lowest BCUT2D eigenvalue weighted by Gasteiger charge is -2.17. The fourth-order valence-corrected chi connectivity index (χ4v) is 2.50. The standard InChI is InChI=1S/C20H25NO3/c1-3-11-23-19-13-17(24-14-16-7-5-4-6-8-16)9-10-18(19)15(2)12-20(21)22/h4-10,13,15H,3,11-12,14H2,1-2H3,(H2,21,22). The SMILES string of the molecule is CCCOc1cc(OCc2ccccc2)ccc1C(C)CC(N)=O. The molecule has 4 heteroatoms. The van der Waals surface area contributed by atoms with E-state index in [9.17, 15) is 4.79 Å². The fraction of sp³-hybridized carbons (Fsp3) is 0.350. The van der Waals surface area contributed by atoms with E-state index in [0.717, 1.165) is 29.0 Å². The second-order valence-electron chi connectivity index (χ2n) is 5.89. The van der Waals surface area contributed by atoms with Gasteiger partial charge < -0.3 is 15.2 Å². The first-order valence-corrected chi connectivity index (χ1v) is 8.32. The minimum Gasteiger partial charge on any atom is -0.493 e. The first-order chi connectivity index (χ1) is 11.6. The van der Waals surface area contributed by atoms with Gasteiger partial charge in [-0.05, 0) is 29.5 Å². The molecule has 128 valence electrons. The quantitative estimate of drug-likeness (QED) is 0.756. The second-order valence-corrected chi connectivity index (χ2v) is 5.89. The number of hydrogen-bond donors (Lipinski definition) is 1. The lowest BCUT2D eigenvalue weighted by Crippen LogP contribution is -2.14. The summed E-state index contributed by atoms with van der Waals surface area (Å²) in [5.41, 5.74) is 7.41. The number of carbonyl (C=O) groups excluding carboxylic acids is 1. The minimum absolute atomic E-state index is 0.0116. The van der Waals surface area contributed by atoms with E-state index in [0.29, 0.717) is 19.6 Å². The van der Waals surface area contributed by atoms with Crippen LogP contribution < -0.4 is 15.2 Å². The van der Waals surface area contributed by atoms with E-state index in [2.05, 4.69) is 6.92 Å². The zero-order chi connectivity index (χ0) is 17.4. The third kappa shape index (κ3) is 5.30. The van der Waals surface area contributed by atoms with Crippen LogP contribution in [0.1, 0.15) is 43.7 Å². The lowest BCUT2D eigenvalue weighted by molar-refractivity contribution is -0.118. The van der Waals surface area contributed by atoms with E-state index < -0.39 is 0 Å². The molecule has 24 heavy (non-hydrogen) atoms. The van der Waals surface area contributed by atoms with Crippen molar-refractivity contribution < 1.29 is 14.3 Å². The molecule has 0 aliphatic carbocycles. The van der Waals surface area contributed by atoms with Crippen LogP contribution in [0.15, 0.2) is 48.5 Å². The van der Waals surface area contributed by atoms with E-state index in [-0.39, 0.29) is 11.8 Å². The molecule has 1 atom stereocenters. The lowest BCUT2D eigenvalue weighted by atomic mass is 9.96. The summed E-state index contributed by atoms with van der Waals surface area (Å²) < 4.78 is 11.7. The van der Waals surface area contributed by atoms with Crippen LogP contribution in [0.5, 0.6) is 11.5 Å². The van der Waals surface area contributed by atoms with Crippen molar-refractivity contribution in [2.45, 2.75) is 39.2 Å². The van der Waals surface area contributed by atoms with Crippen molar-refractivity contribution in [3.05, 3.63) is 59.7 Å². The number of hydrogen-bond acceptors (Lipinski definition) is 3. The van der Waals surface area contributed by atoms with E-state index >= 15 is 0 Å². The van der Waals surface area contributed by atoms with Crippen LogP contribution >= 0.6 is 0 Å². The summed E-state index contributed by atoms with van der Waals surface area (Å²) >= 11 is 0. The molecule has 0 spiro atoms. The highest BCUT2D eigenvalue weighted by Gasteiger charge is 2.15. The topological polar surface area (TPSA) is 61.6 Å². The summed E-state index contributed by atoms with van der Waals surface area (Å²) in [4.78, 5) is 11.2. The van der Waals surface area contributed by atoms with Crippen molar-refractivity contribution in [1.29, 1.82) is 0 Å². The Kier molecular flexibility index (Phi) is 6.67. The molecule has 0 saturated heterocycles. The molecule has 0 heterocycles. The van der Waals surface area contributed by atoms with Crippen LogP contribution in [-0.2, 0) is 11.4 Å². The van der Waals surface area contributed by atoms with Crippen LogP contribution in [0.4, 0.5) is 0 Å². The molecule has 2 N–H and O–H groups in total. The summed E-state index contributed by atoms with van der Waals surface area (Å²) in [5.74, 6) is 1.21. The Bertz CT molecular complexity index is 655. The van der Waals surface area contributed by atoms with Crippen LogP contribution in [0.2, 0.25) is 0 Å². The molecule has 0 aliphatic heterocycles. The molecular weight excluding hydrogens is 302 g/mol. The van der Waals surface area contributed by atoms with Crippen molar-refractivity contribution >= 4 is 5.91 Å². The van der Waals surface area contributed by atoms with Gasteiger partial charge in [-0.15, -0.1) is 0 Å². The molecule has 2 rings (SSSR count). The predicted molar refractivity (Wildman–Crippen MR) is 95.2 cm³/mol. The van der Waals surface area contributed by atoms with E-state index in [1.165, 1.54) is 0 Å². The molecule has 0 bridgehead atoms. The van der Waals surface area contributed by atoms with Gasteiger partial charge >= 0.3 is 0 Å². The minimum atomic E-state index is -0.312. The normalized spacial score (nSPS) is 11.8. The average molecular weight is 327 g/mol. The number of primary amides is 1. The van der Waals surface area contributed by atoms with Gasteiger partial charge in [0.05, 0.1) is 6.61 Å². The predicted octanol–water partition coefficient (Wildman–Crippen LogP) is 4.03. The van der Waals surface area contributed by atoms with Crippen molar-refractivity contribution in [2.75, 3.05) is 6.61 Å². The van der Waals surface area contributed by atoms with Crippen LogP contribution in [0.3, 0.4) is 0 Å². The summed E-state index contributed by atoms with van der Waals surface area (Å²) in [7, 11) is 0. The van der Waals surface area contributed by atoms with Gasteiger partial charge in [-0.25, -0.2) is 0 Å². The van der Waals surface area contributed by atoms with Gasteiger partial charge in [0, 0.05) is 12.5 Å². The number of amides is 1. The molecule has 0 radical (unpaired) electrons. The first-order valence-electron chi connectivity index (χ1n) is 8.32. The van der Waals surface area contributed by atoms with E-state index in [1.54, 1.807) is 0 Å². The van der Waals surface area contributed by atoms with Crippen molar-refractivity contribution in [2.24, 2.45) is 5.73 Å². The number of ether oxygens (including phenoxy) is 2. The number of rotatable bonds is 9. The van der Waals surface area contributed by atoms with Crippen molar-refractivity contribution in [1.82, 2.24) is 0 Å². The molecule has 0 aromatic heterocycles. The summed E-state index contributed by atoms with van der Waals surface area (Å²) in [6.45, 7) is 5.16. The second kappa shape index (κ2) is 8.96. The van der Waals surface area contributed by atoms with Gasteiger partial charge in [0.15, 0.2) is 0 Å². The third-order valence-electron chi connectivity index (χ3n) is 3.73. The molecule has 1 amide bonds. The Hall–Kier alpha value is -2.49. The molecule has 0 fully saturated rings. The van der Waals surface area contributed by atoms with Gasteiger partial charge in [-0.3, -0.25) is 4.79 Å². The Balaban J connectivity index is 2.13. The monoisotopic (exact) mass is 327 g/mol. The maximum Gasteiger partial charge on any atom is 0.218 e. The number of benzene rings is 2. The maximum absolute atomic E-state index is 11.2. The highest BCUT2D eigenvalue weighted by molar-refractivity contribution is 5.75. The highest BCUT2D eigenvalue weighted by atomic mass is 16.5. The van der Waals surface area contributed by atoms with E-state index in [1.807, 2.05) is 55.5 Å². The summed E-state index contributed by atoms with van der Waals surface area (Å²) in [6, 6.07) is 15.8. The van der Waals surface area contributed by atoms with Crippen molar-refractivity contribution in [3.8, 4) is 11.5 Å². The van der Waals surface area contributed by atoms with E-state index in [4.69, 9.17) is 15.2 Å². The Morgan fingerprint density at radius 2 is 1.88 bits per heavy atom. The van der Waals surface area contributed by atoms with Crippen LogP contribution in [0.25, 0.3) is 0 Å². The van der Waals surface area contributed by atoms with Crippen LogP contribution in [0, 0.1) is 0 Å². The fourth-order valence-electron chi connectivity index (χ4n) is 2.50. The molecule has 4 nitrogen and oxygen atoms in total. The van der Waals surface area contributed by atoms with Gasteiger partial charge in [-0.1, -0.05) is 50.2 Å². The Morgan fingerprint density at radius 1 is 1.12 bits per heavy atom. The zero-order valence-corrected chi connectivity index (χ0v) is 14.3. The Morgan fingerprint density at radius 3 is 2.54 bits per heavy atom. The molecular formula is C20H25NO3. The van der Waals surface area contributed by atoms with Gasteiger partial charge in [-0.2, -0.15) is 0 Å². The van der Waals surface area contributed by atoms with Gasteiger partial charge in [0.1, 0.15) is 18.1 Å². The molecule has 0 saturated carbocycles. The first kappa shape index (κ1) is 17.9. The molecule has 2 aromatic carbocycles. The number of carbonyl (C=O) groups is 1.